The third kappa shape index (κ3) is 6.86. The van der Waals surface area contributed by atoms with E-state index in [9.17, 15) is 22.8 Å². The molecular weight excluding hydrogens is 425 g/mol. The number of benzene rings is 1. The lowest BCUT2D eigenvalue weighted by molar-refractivity contribution is -0.154. The molecule has 1 fully saturated rings. The second-order valence-electron chi connectivity index (χ2n) is 7.67. The molecule has 2 N–H and O–H groups in total. The van der Waals surface area contributed by atoms with E-state index < -0.39 is 18.7 Å². The molecule has 1 aliphatic rings. The second kappa shape index (κ2) is 10.3. The van der Waals surface area contributed by atoms with E-state index in [1.165, 1.54) is 6.20 Å². The Kier molecular flexibility index (Phi) is 7.55. The first-order valence-corrected chi connectivity index (χ1v) is 10.2. The lowest BCUT2D eigenvalue weighted by atomic mass is 9.97. The number of nitrogens with zero attached hydrogens (tertiary/aromatic N) is 2. The van der Waals surface area contributed by atoms with Crippen LogP contribution in [0.1, 0.15) is 24.0 Å². The SMILES string of the molecule is Cc1cccc(NC(=O)N2CCCC(C(=O)NCc3cccnc3OCC(F)(F)F)C2)c1. The lowest BCUT2D eigenvalue weighted by Gasteiger charge is -2.32. The quantitative estimate of drug-likeness (QED) is 0.700. The van der Waals surface area contributed by atoms with Crippen molar-refractivity contribution in [3.8, 4) is 5.88 Å². The number of alkyl halides is 3. The van der Waals surface area contributed by atoms with Gasteiger partial charge in [-0.15, -0.1) is 0 Å². The monoisotopic (exact) mass is 450 g/mol. The maximum Gasteiger partial charge on any atom is 0.422 e. The molecule has 10 heteroatoms. The molecule has 0 radical (unpaired) electrons. The predicted molar refractivity (Wildman–Crippen MR) is 112 cm³/mol. The number of rotatable bonds is 6. The summed E-state index contributed by atoms with van der Waals surface area (Å²) in [6, 6.07) is 10.3. The van der Waals surface area contributed by atoms with Crippen LogP contribution in [0, 0.1) is 12.8 Å². The maximum atomic E-state index is 12.7. The molecule has 1 aromatic heterocycles. The van der Waals surface area contributed by atoms with Crippen molar-refractivity contribution >= 4 is 17.6 Å². The number of hydrogen-bond acceptors (Lipinski definition) is 4. The number of carbonyl (C=O) groups is 2. The third-order valence-electron chi connectivity index (χ3n) is 5.02. The number of halogens is 3. The Morgan fingerprint density at radius 3 is 2.81 bits per heavy atom. The van der Waals surface area contributed by atoms with E-state index in [1.807, 2.05) is 25.1 Å². The number of urea groups is 1. The smallest absolute Gasteiger partial charge is 0.422 e. The van der Waals surface area contributed by atoms with E-state index in [1.54, 1.807) is 23.1 Å². The first-order valence-electron chi connectivity index (χ1n) is 10.2. The average Bonchev–Trinajstić information content (AvgIpc) is 2.76. The lowest BCUT2D eigenvalue weighted by Crippen LogP contribution is -2.46. The third-order valence-corrected chi connectivity index (χ3v) is 5.02. The highest BCUT2D eigenvalue weighted by atomic mass is 19.4. The van der Waals surface area contributed by atoms with Crippen molar-refractivity contribution in [3.05, 3.63) is 53.7 Å². The summed E-state index contributed by atoms with van der Waals surface area (Å²) in [6.45, 7) is 1.25. The molecule has 2 aromatic rings. The van der Waals surface area contributed by atoms with Crippen LogP contribution >= 0.6 is 0 Å². The minimum Gasteiger partial charge on any atom is -0.468 e. The van der Waals surface area contributed by atoms with E-state index in [4.69, 9.17) is 4.74 Å². The van der Waals surface area contributed by atoms with Crippen LogP contribution in [-0.2, 0) is 11.3 Å². The molecule has 1 aliphatic heterocycles. The van der Waals surface area contributed by atoms with E-state index in [0.717, 1.165) is 5.56 Å². The van der Waals surface area contributed by atoms with E-state index in [-0.39, 0.29) is 30.9 Å². The van der Waals surface area contributed by atoms with Crippen molar-refractivity contribution in [1.29, 1.82) is 0 Å². The molecule has 3 amide bonds. The average molecular weight is 450 g/mol. The van der Waals surface area contributed by atoms with Crippen LogP contribution in [0.15, 0.2) is 42.6 Å². The first kappa shape index (κ1) is 23.4. The minimum absolute atomic E-state index is 0.0220. The molecular formula is C22H25F3N4O3. The Bertz CT molecular complexity index is 952. The normalized spacial score (nSPS) is 16.4. The molecule has 1 atom stereocenters. The van der Waals surface area contributed by atoms with Crippen LogP contribution in [0.25, 0.3) is 0 Å². The van der Waals surface area contributed by atoms with Crippen molar-refractivity contribution in [2.45, 2.75) is 32.5 Å². The molecule has 32 heavy (non-hydrogen) atoms. The topological polar surface area (TPSA) is 83.6 Å². The van der Waals surface area contributed by atoms with E-state index >= 15 is 0 Å². The van der Waals surface area contributed by atoms with Crippen LogP contribution in [0.4, 0.5) is 23.7 Å². The number of amides is 3. The van der Waals surface area contributed by atoms with E-state index in [0.29, 0.717) is 30.6 Å². The van der Waals surface area contributed by atoms with Gasteiger partial charge in [-0.2, -0.15) is 13.2 Å². The number of likely N-dealkylation sites (tertiary alicyclic amines) is 1. The molecule has 2 heterocycles. The van der Waals surface area contributed by atoms with Crippen LogP contribution < -0.4 is 15.4 Å². The van der Waals surface area contributed by atoms with Gasteiger partial charge in [0, 0.05) is 37.1 Å². The number of piperidine rings is 1. The summed E-state index contributed by atoms with van der Waals surface area (Å²) in [4.78, 5) is 30.7. The Labute approximate surface area is 184 Å². The fraction of sp³-hybridized carbons (Fsp3) is 0.409. The number of aryl methyl sites for hydroxylation is 1. The molecule has 1 saturated heterocycles. The van der Waals surface area contributed by atoms with Crippen LogP contribution in [0.3, 0.4) is 0 Å². The standard InChI is InChI=1S/C22H25F3N4O3/c1-15-5-2-8-18(11-15)28-21(31)29-10-4-7-17(13-29)19(30)27-12-16-6-3-9-26-20(16)32-14-22(23,24)25/h2-3,5-6,8-9,11,17H,4,7,10,12-14H2,1H3,(H,27,30)(H,28,31). The number of carbonyl (C=O) groups excluding carboxylic acids is 2. The van der Waals surface area contributed by atoms with Gasteiger partial charge in [0.05, 0.1) is 5.92 Å². The Morgan fingerprint density at radius 2 is 2.06 bits per heavy atom. The molecule has 172 valence electrons. The Balaban J connectivity index is 1.54. The van der Waals surface area contributed by atoms with Crippen LogP contribution in [0.5, 0.6) is 5.88 Å². The summed E-state index contributed by atoms with van der Waals surface area (Å²) in [5, 5.41) is 5.57. The van der Waals surface area contributed by atoms with Gasteiger partial charge in [0.25, 0.3) is 0 Å². The van der Waals surface area contributed by atoms with Gasteiger partial charge in [-0.25, -0.2) is 9.78 Å². The number of anilines is 1. The van der Waals surface area contributed by atoms with Crippen molar-refractivity contribution in [3.63, 3.8) is 0 Å². The maximum absolute atomic E-state index is 12.7. The molecule has 3 rings (SSSR count). The fourth-order valence-electron chi connectivity index (χ4n) is 3.47. The number of pyridine rings is 1. The zero-order valence-electron chi connectivity index (χ0n) is 17.6. The van der Waals surface area contributed by atoms with Crippen LogP contribution in [-0.4, -0.2) is 47.7 Å². The summed E-state index contributed by atoms with van der Waals surface area (Å²) in [5.41, 5.74) is 2.05. The second-order valence-corrected chi connectivity index (χ2v) is 7.67. The summed E-state index contributed by atoms with van der Waals surface area (Å²) in [6.07, 6.45) is -1.87. The Morgan fingerprint density at radius 1 is 1.25 bits per heavy atom. The summed E-state index contributed by atoms with van der Waals surface area (Å²) < 4.78 is 42.0. The molecule has 0 saturated carbocycles. The van der Waals surface area contributed by atoms with Gasteiger partial charge < -0.3 is 20.3 Å². The molecule has 7 nitrogen and oxygen atoms in total. The number of hydrogen-bond donors (Lipinski definition) is 2. The van der Waals surface area contributed by atoms with Gasteiger partial charge in [0.2, 0.25) is 11.8 Å². The number of nitrogens with one attached hydrogen (secondary N) is 2. The van der Waals surface area contributed by atoms with Gasteiger partial charge in [0.1, 0.15) is 0 Å². The zero-order chi connectivity index (χ0) is 23.1. The van der Waals surface area contributed by atoms with Gasteiger partial charge >= 0.3 is 12.2 Å². The van der Waals surface area contributed by atoms with E-state index in [2.05, 4.69) is 15.6 Å². The molecule has 0 spiro atoms. The van der Waals surface area contributed by atoms with Crippen molar-refractivity contribution < 1.29 is 27.5 Å². The highest BCUT2D eigenvalue weighted by molar-refractivity contribution is 5.90. The number of ether oxygens (including phenoxy) is 1. The highest BCUT2D eigenvalue weighted by Gasteiger charge is 2.30. The minimum atomic E-state index is -4.48. The summed E-state index contributed by atoms with van der Waals surface area (Å²) in [5.74, 6) is -0.861. The fourth-order valence-corrected chi connectivity index (χ4v) is 3.47. The largest absolute Gasteiger partial charge is 0.468 e. The summed E-state index contributed by atoms with van der Waals surface area (Å²) >= 11 is 0. The zero-order valence-corrected chi connectivity index (χ0v) is 17.6. The van der Waals surface area contributed by atoms with Gasteiger partial charge in [-0.05, 0) is 43.5 Å². The van der Waals surface area contributed by atoms with Crippen molar-refractivity contribution in [1.82, 2.24) is 15.2 Å². The predicted octanol–water partition coefficient (Wildman–Crippen LogP) is 3.89. The van der Waals surface area contributed by atoms with Gasteiger partial charge in [0.15, 0.2) is 6.61 Å². The molecule has 1 unspecified atom stereocenters. The highest BCUT2D eigenvalue weighted by Crippen LogP contribution is 2.21. The van der Waals surface area contributed by atoms with Gasteiger partial charge in [-0.1, -0.05) is 18.2 Å². The summed E-state index contributed by atoms with van der Waals surface area (Å²) in [7, 11) is 0. The Hall–Kier alpha value is -3.30. The number of aromatic nitrogens is 1. The van der Waals surface area contributed by atoms with Gasteiger partial charge in [-0.3, -0.25) is 4.79 Å². The first-order chi connectivity index (χ1) is 15.2. The van der Waals surface area contributed by atoms with Crippen LogP contribution in [0.2, 0.25) is 0 Å². The van der Waals surface area contributed by atoms with Crippen molar-refractivity contribution in [2.24, 2.45) is 5.92 Å². The molecule has 1 aromatic carbocycles. The molecule has 0 aliphatic carbocycles. The van der Waals surface area contributed by atoms with Crippen molar-refractivity contribution in [2.75, 3.05) is 25.0 Å². The molecule has 0 bridgehead atoms.